The van der Waals surface area contributed by atoms with Gasteiger partial charge >= 0.3 is 8.17 Å². The van der Waals surface area contributed by atoms with Crippen LogP contribution in [0.3, 0.4) is 0 Å². The molecule has 1 fully saturated rings. The van der Waals surface area contributed by atoms with E-state index in [1.807, 2.05) is 0 Å². The van der Waals surface area contributed by atoms with Crippen LogP contribution in [0.2, 0.25) is 0 Å². The summed E-state index contributed by atoms with van der Waals surface area (Å²) < 4.78 is 38.1. The average Bonchev–Trinajstić information content (AvgIpc) is 2.66. The molecule has 0 spiro atoms. The molecule has 6 nitrogen and oxygen atoms in total. The van der Waals surface area contributed by atoms with Crippen LogP contribution in [0.25, 0.3) is 0 Å². The molecule has 1 aliphatic heterocycles. The van der Waals surface area contributed by atoms with E-state index < -0.39 is 42.0 Å². The van der Waals surface area contributed by atoms with Gasteiger partial charge in [-0.05, 0) is 10.8 Å². The molecule has 1 rings (SSSR count). The lowest BCUT2D eigenvalue weighted by atomic mass is 10.3. The second-order valence-electron chi connectivity index (χ2n) is 3.37. The van der Waals surface area contributed by atoms with Gasteiger partial charge in [0.1, 0.15) is 0 Å². The third-order valence-electron chi connectivity index (χ3n) is 2.21. The van der Waals surface area contributed by atoms with Crippen LogP contribution >= 0.6 is 8.17 Å². The minimum absolute atomic E-state index is 0.105. The van der Waals surface area contributed by atoms with Crippen molar-refractivity contribution in [2.24, 2.45) is 0 Å². The van der Waals surface area contributed by atoms with Gasteiger partial charge in [0, 0.05) is 21.6 Å². The molecule has 0 aromatic rings. The Labute approximate surface area is 112 Å². The van der Waals surface area contributed by atoms with Crippen LogP contribution in [0.5, 0.6) is 0 Å². The predicted octanol–water partition coefficient (Wildman–Crippen LogP) is 0.871. The van der Waals surface area contributed by atoms with Gasteiger partial charge in [0.05, 0.1) is 18.6 Å². The monoisotopic (exact) mass is 315 g/mol. The Hall–Kier alpha value is 0.0500. The van der Waals surface area contributed by atoms with Crippen LogP contribution in [-0.2, 0) is 35.2 Å². The van der Waals surface area contributed by atoms with E-state index in [1.54, 1.807) is 0 Å². The lowest BCUT2D eigenvalue weighted by molar-refractivity contribution is 0.170. The molecule has 1 N–H and O–H groups in total. The molecule has 4 atom stereocenters. The molecule has 1 heterocycles. The first-order chi connectivity index (χ1) is 8.44. The fourth-order valence-corrected chi connectivity index (χ4v) is 4.34. The Morgan fingerprint density at radius 3 is 1.89 bits per heavy atom. The van der Waals surface area contributed by atoms with Crippen molar-refractivity contribution in [1.82, 2.24) is 0 Å². The van der Waals surface area contributed by atoms with Crippen molar-refractivity contribution in [2.75, 3.05) is 18.6 Å². The molecule has 0 aliphatic carbocycles. The van der Waals surface area contributed by atoms with E-state index in [4.69, 9.17) is 13.6 Å². The number of rotatable bonds is 7. The van der Waals surface area contributed by atoms with Crippen molar-refractivity contribution in [2.45, 2.75) is 12.2 Å². The second kappa shape index (κ2) is 7.00. The minimum atomic E-state index is -3.38. The fraction of sp³-hybridized carbons (Fsp3) is 0.556. The summed E-state index contributed by atoms with van der Waals surface area (Å²) in [4.78, 5) is 9.81. The zero-order valence-electron chi connectivity index (χ0n) is 9.89. The van der Waals surface area contributed by atoms with Gasteiger partial charge in [-0.25, -0.2) is 0 Å². The fourth-order valence-electron chi connectivity index (χ4n) is 1.32. The molecule has 1 aliphatic rings. The molecule has 0 bridgehead atoms. The molecule has 0 saturated carbocycles. The van der Waals surface area contributed by atoms with Gasteiger partial charge < -0.3 is 0 Å². The van der Waals surface area contributed by atoms with Crippen LogP contribution in [0, 0.1) is 0 Å². The molecule has 9 heteroatoms. The molecule has 104 valence electrons. The molecule has 4 unspecified atom stereocenters. The summed E-state index contributed by atoms with van der Waals surface area (Å²) in [7, 11) is -4.74. The first-order valence-electron chi connectivity index (χ1n) is 4.98. The zero-order chi connectivity index (χ0) is 13.8. The van der Waals surface area contributed by atoms with E-state index in [0.717, 1.165) is 0 Å². The van der Waals surface area contributed by atoms with E-state index in [0.29, 0.717) is 0 Å². The first kappa shape index (κ1) is 16.1. The summed E-state index contributed by atoms with van der Waals surface area (Å²) in [6, 6.07) is 0. The summed E-state index contributed by atoms with van der Waals surface area (Å²) >= 11 is 0. The van der Waals surface area contributed by atoms with Crippen LogP contribution < -0.4 is 0 Å². The van der Waals surface area contributed by atoms with Crippen molar-refractivity contribution in [3.63, 3.8) is 0 Å². The van der Waals surface area contributed by atoms with Crippen LogP contribution in [0.1, 0.15) is 0 Å². The lowest BCUT2D eigenvalue weighted by Gasteiger charge is -2.08. The normalized spacial score (nSPS) is 35.0. The summed E-state index contributed by atoms with van der Waals surface area (Å²) in [5.41, 5.74) is 0. The highest BCUT2D eigenvalue weighted by Gasteiger charge is 2.59. The average molecular weight is 315 g/mol. The third kappa shape index (κ3) is 4.31. The van der Waals surface area contributed by atoms with Gasteiger partial charge in [0.15, 0.2) is 12.2 Å². The molecule has 0 aromatic carbocycles. The molecule has 18 heavy (non-hydrogen) atoms. The Morgan fingerprint density at radius 1 is 1.22 bits per heavy atom. The number of hydrogen-bond donors (Lipinski definition) is 1. The zero-order valence-corrected chi connectivity index (χ0v) is 12.4. The standard InChI is InChI=1S/C9H16O6PS2/c1-4-17(11)6-8-9(7-18(12)5-2)15-16(10,13-3)14-8/h4-5,8-10H,1-2,6-7H2,3H3/q+1. The Bertz CT molecular complexity index is 344. The number of hydrogen-bond acceptors (Lipinski definition) is 6. The Morgan fingerprint density at radius 2 is 1.61 bits per heavy atom. The maximum Gasteiger partial charge on any atom is 0.573 e. The first-order valence-corrected chi connectivity index (χ1v) is 9.24. The maximum atomic E-state index is 11.4. The summed E-state index contributed by atoms with van der Waals surface area (Å²) in [5, 5.41) is 2.54. The summed E-state index contributed by atoms with van der Waals surface area (Å²) in [6.07, 6.45) is -1.29. The predicted molar refractivity (Wildman–Crippen MR) is 72.3 cm³/mol. The van der Waals surface area contributed by atoms with Gasteiger partial charge in [-0.15, -0.1) is 9.05 Å². The van der Waals surface area contributed by atoms with Crippen LogP contribution in [0.15, 0.2) is 24.0 Å². The Balaban J connectivity index is 2.76. The van der Waals surface area contributed by atoms with Crippen LogP contribution in [-0.4, -0.2) is 44.1 Å². The summed E-state index contributed by atoms with van der Waals surface area (Å²) in [6.45, 7) is 6.81. The van der Waals surface area contributed by atoms with Crippen molar-refractivity contribution in [3.05, 3.63) is 24.0 Å². The van der Waals surface area contributed by atoms with Crippen molar-refractivity contribution < 1.29 is 26.9 Å². The van der Waals surface area contributed by atoms with Crippen molar-refractivity contribution in [1.29, 1.82) is 0 Å². The highest BCUT2D eigenvalue weighted by atomic mass is 32.2. The second-order valence-corrected chi connectivity index (χ2v) is 7.95. The van der Waals surface area contributed by atoms with E-state index in [9.17, 15) is 13.3 Å². The third-order valence-corrected chi connectivity index (χ3v) is 5.80. The van der Waals surface area contributed by atoms with E-state index >= 15 is 0 Å². The molecule has 0 aromatic heterocycles. The minimum Gasteiger partial charge on any atom is -0.255 e. The van der Waals surface area contributed by atoms with Crippen molar-refractivity contribution in [3.8, 4) is 0 Å². The van der Waals surface area contributed by atoms with Crippen molar-refractivity contribution >= 4 is 29.8 Å². The molecule has 0 amide bonds. The highest BCUT2D eigenvalue weighted by molar-refractivity contribution is 7.88. The van der Waals surface area contributed by atoms with Gasteiger partial charge in [-0.3, -0.25) is 8.42 Å². The largest absolute Gasteiger partial charge is 0.573 e. The topological polar surface area (TPSA) is 82.1 Å². The molecular weight excluding hydrogens is 299 g/mol. The van der Waals surface area contributed by atoms with Gasteiger partial charge in [-0.2, -0.15) is 9.42 Å². The quantitative estimate of drug-likeness (QED) is 0.702. The van der Waals surface area contributed by atoms with Gasteiger partial charge in [0.25, 0.3) is 0 Å². The van der Waals surface area contributed by atoms with E-state index in [2.05, 4.69) is 13.2 Å². The Kier molecular flexibility index (Phi) is 6.26. The van der Waals surface area contributed by atoms with E-state index in [1.165, 1.54) is 17.9 Å². The summed E-state index contributed by atoms with van der Waals surface area (Å²) in [5.74, 6) is 0.211. The van der Waals surface area contributed by atoms with Crippen LogP contribution in [0.4, 0.5) is 0 Å². The molecule has 1 saturated heterocycles. The lowest BCUT2D eigenvalue weighted by Crippen LogP contribution is -2.32. The SMILES string of the molecule is C=CS(=O)CC1O[P+](O)(OC)OC1CS(=O)C=C. The van der Waals surface area contributed by atoms with Gasteiger partial charge in [0.2, 0.25) is 0 Å². The van der Waals surface area contributed by atoms with Gasteiger partial charge in [-0.1, -0.05) is 13.2 Å². The smallest absolute Gasteiger partial charge is 0.255 e. The molecule has 0 radical (unpaired) electrons. The molecular formula is C9H16O6PS2+. The van der Waals surface area contributed by atoms with E-state index in [-0.39, 0.29) is 11.5 Å². The maximum absolute atomic E-state index is 11.4. The highest BCUT2D eigenvalue weighted by Crippen LogP contribution is 2.64.